The summed E-state index contributed by atoms with van der Waals surface area (Å²) in [5, 5.41) is 22.2. The van der Waals surface area contributed by atoms with E-state index in [4.69, 9.17) is 42.4 Å². The molecule has 0 aliphatic rings. The van der Waals surface area contributed by atoms with E-state index in [-0.39, 0.29) is 73.8 Å². The average Bonchev–Trinajstić information content (AvgIpc) is 1.56. The molecule has 0 saturated carbocycles. The first kappa shape index (κ1) is 29.4. The van der Waals surface area contributed by atoms with Gasteiger partial charge in [0.05, 0.1) is 0 Å². The maximum absolute atomic E-state index is 8.52. The summed E-state index contributed by atoms with van der Waals surface area (Å²) < 4.78 is 34.1. The zero-order valence-corrected chi connectivity index (χ0v) is 12.0. The van der Waals surface area contributed by atoms with Crippen LogP contribution in [0.1, 0.15) is 0 Å². The Morgan fingerprint density at radius 2 is 1.29 bits per heavy atom. The van der Waals surface area contributed by atoms with E-state index in [0.717, 1.165) is 0 Å². The van der Waals surface area contributed by atoms with E-state index >= 15 is 0 Å². The molecule has 74 valence electrons. The van der Waals surface area contributed by atoms with Crippen molar-refractivity contribution in [3.63, 3.8) is 0 Å². The molecule has 0 spiro atoms. The summed E-state index contributed by atoms with van der Waals surface area (Å²) in [4.78, 5) is 16.8. The van der Waals surface area contributed by atoms with Gasteiger partial charge in [-0.1, -0.05) is 0 Å². The minimum Gasteiger partial charge on any atom is -0.759 e. The molecule has 0 aromatic rings. The van der Waals surface area contributed by atoms with E-state index in [1.54, 1.807) is 0 Å². The van der Waals surface area contributed by atoms with Crippen molar-refractivity contribution in [2.75, 3.05) is 0 Å². The van der Waals surface area contributed by atoms with Gasteiger partial charge in [-0.2, -0.15) is 0 Å². The molecule has 0 amide bonds. The normalized spacial score (nSPS) is 6.71. The Balaban J connectivity index is -0.0000000278. The zero-order chi connectivity index (χ0) is 10.8. The van der Waals surface area contributed by atoms with Crippen molar-refractivity contribution >= 4 is 60.8 Å². The van der Waals surface area contributed by atoms with Gasteiger partial charge in [0.2, 0.25) is 6.16 Å². The maximum Gasteiger partial charge on any atom is 2.00 e. The number of hydrogen-bond acceptors (Lipinski definition) is 7. The topological polar surface area (TPSA) is 178 Å². The van der Waals surface area contributed by atoms with Gasteiger partial charge in [-0.3, -0.25) is 13.2 Å². The van der Waals surface area contributed by atoms with E-state index in [1.165, 1.54) is 0 Å². The molecular weight excluding hydrogens is 263 g/mol. The Hall–Kier alpha value is 0.870. The minimum absolute atomic E-state index is 0. The maximum atomic E-state index is 8.52. The number of carboxylic acid groups (broad SMARTS) is 3. The van der Waals surface area contributed by atoms with Crippen LogP contribution in [0.3, 0.4) is 0 Å². The Kier molecular flexibility index (Phi) is 40.8. The molecule has 14 heavy (non-hydrogen) atoms. The summed E-state index contributed by atoms with van der Waals surface area (Å²) in [6, 6.07) is 0. The smallest absolute Gasteiger partial charge is 0.759 e. The summed E-state index contributed by atoms with van der Waals surface area (Å²) in [5.41, 5.74) is 0. The first-order valence-corrected chi connectivity index (χ1v) is 3.13. The number of carbonyl (C=O) groups is 2. The van der Waals surface area contributed by atoms with E-state index in [1.807, 2.05) is 0 Å². The summed E-state index contributed by atoms with van der Waals surface area (Å²) in [5.74, 6) is 0. The van der Waals surface area contributed by atoms with Crippen molar-refractivity contribution in [2.24, 2.45) is 0 Å². The summed E-state index contributed by atoms with van der Waals surface area (Å²) in [6.07, 6.45) is -2.08. The first-order chi connectivity index (χ1) is 5.15. The number of rotatable bonds is 0. The van der Waals surface area contributed by atoms with Crippen molar-refractivity contribution in [3.8, 4) is 0 Å². The Labute approximate surface area is 131 Å². The second kappa shape index (κ2) is 19.4. The molecule has 0 fully saturated rings. The van der Waals surface area contributed by atoms with Gasteiger partial charge in [-0.15, -0.1) is 0 Å². The molecular formula is C2H3CaNaO9S. The van der Waals surface area contributed by atoms with Gasteiger partial charge in [0.25, 0.3) is 6.47 Å². The third kappa shape index (κ3) is 2400. The third-order valence-corrected chi connectivity index (χ3v) is 0. The van der Waals surface area contributed by atoms with Crippen molar-refractivity contribution in [1.29, 1.82) is 0 Å². The van der Waals surface area contributed by atoms with E-state index < -0.39 is 16.6 Å². The van der Waals surface area contributed by atoms with E-state index in [9.17, 15) is 0 Å². The molecule has 0 aliphatic carbocycles. The van der Waals surface area contributed by atoms with Gasteiger partial charge in [-0.25, -0.2) is 0 Å². The average molecular weight is 266 g/mol. The predicted molar refractivity (Wildman–Crippen MR) is 32.9 cm³/mol. The summed E-state index contributed by atoms with van der Waals surface area (Å²) in [6.45, 7) is -0.250. The van der Waals surface area contributed by atoms with Gasteiger partial charge in [0, 0.05) is 10.4 Å². The van der Waals surface area contributed by atoms with Gasteiger partial charge >= 0.3 is 67.3 Å². The molecule has 0 aliphatic heterocycles. The summed E-state index contributed by atoms with van der Waals surface area (Å²) in [7, 11) is -5.17. The van der Waals surface area contributed by atoms with Crippen LogP contribution in [0.2, 0.25) is 0 Å². The van der Waals surface area contributed by atoms with Crippen LogP contribution in [0.5, 0.6) is 0 Å². The second-order valence-corrected chi connectivity index (χ2v) is 1.60. The largest absolute Gasteiger partial charge is 2.00 e. The molecule has 0 radical (unpaired) electrons. The fourth-order valence-corrected chi connectivity index (χ4v) is 0. The Bertz CT molecular complexity index is 199. The van der Waals surface area contributed by atoms with Crippen LogP contribution < -0.4 is 34.7 Å². The summed E-state index contributed by atoms with van der Waals surface area (Å²) >= 11 is 0. The predicted octanol–water partition coefficient (Wildman–Crippen LogP) is -6.13. The fourth-order valence-electron chi connectivity index (χ4n) is 0. The van der Waals surface area contributed by atoms with Gasteiger partial charge in [0.15, 0.2) is 0 Å². The Morgan fingerprint density at radius 3 is 1.29 bits per heavy atom. The van der Waals surface area contributed by atoms with E-state index in [2.05, 4.69) is 0 Å². The molecule has 12 heteroatoms. The van der Waals surface area contributed by atoms with Crippen LogP contribution in [0.15, 0.2) is 0 Å². The molecule has 0 bridgehead atoms. The van der Waals surface area contributed by atoms with Gasteiger partial charge in [0.1, 0.15) is 0 Å². The van der Waals surface area contributed by atoms with Gasteiger partial charge < -0.3 is 29.2 Å². The van der Waals surface area contributed by atoms with E-state index in [0.29, 0.717) is 0 Å². The SMILES string of the molecule is O=C([O-])O.O=CO.O=S(=O)([O-])[O-].[Ca+2].[Na+]. The number of hydrogen-bond donors (Lipinski definition) is 2. The van der Waals surface area contributed by atoms with Crippen LogP contribution in [-0.4, -0.2) is 78.1 Å². The molecule has 0 saturated heterocycles. The molecule has 0 aromatic heterocycles. The fraction of sp³-hybridized carbons (Fsp3) is 0. The van der Waals surface area contributed by atoms with Crippen molar-refractivity contribution in [1.82, 2.24) is 0 Å². The molecule has 0 heterocycles. The third-order valence-electron chi connectivity index (χ3n) is 0. The van der Waals surface area contributed by atoms with Gasteiger partial charge in [-0.05, 0) is 0 Å². The van der Waals surface area contributed by atoms with Crippen LogP contribution in [-0.2, 0) is 15.2 Å². The van der Waals surface area contributed by atoms with Crippen LogP contribution in [0.25, 0.3) is 0 Å². The van der Waals surface area contributed by atoms with Crippen molar-refractivity contribution in [3.05, 3.63) is 0 Å². The monoisotopic (exact) mass is 266 g/mol. The van der Waals surface area contributed by atoms with Crippen molar-refractivity contribution < 1.29 is 72.0 Å². The van der Waals surface area contributed by atoms with Crippen molar-refractivity contribution in [2.45, 2.75) is 0 Å². The van der Waals surface area contributed by atoms with Crippen LogP contribution >= 0.6 is 0 Å². The molecule has 0 rings (SSSR count). The minimum atomic E-state index is -5.17. The molecule has 0 aromatic carbocycles. The Morgan fingerprint density at radius 1 is 1.29 bits per heavy atom. The van der Waals surface area contributed by atoms with Crippen LogP contribution in [0.4, 0.5) is 4.79 Å². The molecule has 0 unspecified atom stereocenters. The molecule has 0 atom stereocenters. The zero-order valence-electron chi connectivity index (χ0n) is 6.94. The first-order valence-electron chi connectivity index (χ1n) is 1.79. The standard InChI is InChI=1S/CH2O3.CH2O2.Ca.Na.H2O4S/c2-1(3)4;2-1-3;;;1-5(2,3)4/h(H2,2,3,4);1H,(H,2,3);;;(H2,1,2,3,4)/q;;+2;+1;/p-3. The quantitative estimate of drug-likeness (QED) is 0.187. The second-order valence-electron chi connectivity index (χ2n) is 0.780. The molecule has 9 nitrogen and oxygen atoms in total. The van der Waals surface area contributed by atoms with Crippen LogP contribution in [0, 0.1) is 0 Å². The molecule has 2 N–H and O–H groups in total.